The summed E-state index contributed by atoms with van der Waals surface area (Å²) in [5, 5.41) is 7.31. The molecule has 1 aliphatic heterocycles. The minimum absolute atomic E-state index is 0.0228. The van der Waals surface area contributed by atoms with Crippen molar-refractivity contribution < 1.29 is 14.3 Å². The molecule has 2 fully saturated rings. The zero-order valence-corrected chi connectivity index (χ0v) is 20.4. The number of anilines is 1. The van der Waals surface area contributed by atoms with Crippen LogP contribution in [0.15, 0.2) is 67.0 Å². The SMILES string of the molecule is O=C(Nc1nc2cccc(-c3ccc(C(=O)N4CCC(COc5cccnc5)CC4)cc3)n2n1)C1CC1. The maximum absolute atomic E-state index is 13.1. The summed E-state index contributed by atoms with van der Waals surface area (Å²) in [5.74, 6) is 1.62. The van der Waals surface area contributed by atoms with Gasteiger partial charge in [0, 0.05) is 36.3 Å². The van der Waals surface area contributed by atoms with E-state index < -0.39 is 0 Å². The van der Waals surface area contributed by atoms with E-state index in [4.69, 9.17) is 4.74 Å². The summed E-state index contributed by atoms with van der Waals surface area (Å²) in [5.41, 5.74) is 3.07. The van der Waals surface area contributed by atoms with E-state index in [1.807, 2.05) is 59.5 Å². The van der Waals surface area contributed by atoms with Crippen molar-refractivity contribution in [2.24, 2.45) is 11.8 Å². The fourth-order valence-electron chi connectivity index (χ4n) is 4.65. The topological polar surface area (TPSA) is 102 Å². The van der Waals surface area contributed by atoms with Gasteiger partial charge < -0.3 is 9.64 Å². The molecule has 0 bridgehead atoms. The van der Waals surface area contributed by atoms with Gasteiger partial charge in [-0.3, -0.25) is 19.9 Å². The average Bonchev–Trinajstić information content (AvgIpc) is 3.72. The second-order valence-electron chi connectivity index (χ2n) is 9.69. The Morgan fingerprint density at radius 3 is 2.51 bits per heavy atom. The van der Waals surface area contributed by atoms with Crippen LogP contribution in [0, 0.1) is 11.8 Å². The van der Waals surface area contributed by atoms with Gasteiger partial charge in [-0.25, -0.2) is 4.52 Å². The van der Waals surface area contributed by atoms with Gasteiger partial charge in [-0.05, 0) is 68.0 Å². The summed E-state index contributed by atoms with van der Waals surface area (Å²) in [7, 11) is 0. The fourth-order valence-corrected chi connectivity index (χ4v) is 4.65. The van der Waals surface area contributed by atoms with Crippen LogP contribution in [0.5, 0.6) is 5.75 Å². The van der Waals surface area contributed by atoms with Gasteiger partial charge in [0.05, 0.1) is 18.5 Å². The van der Waals surface area contributed by atoms with Crippen LogP contribution in [0.4, 0.5) is 5.95 Å². The van der Waals surface area contributed by atoms with Crippen molar-refractivity contribution in [2.45, 2.75) is 25.7 Å². The molecule has 9 nitrogen and oxygen atoms in total. The Morgan fingerprint density at radius 1 is 0.973 bits per heavy atom. The lowest BCUT2D eigenvalue weighted by molar-refractivity contribution is -0.117. The molecular weight excluding hydrogens is 468 g/mol. The van der Waals surface area contributed by atoms with E-state index in [0.717, 1.165) is 55.8 Å². The van der Waals surface area contributed by atoms with Crippen molar-refractivity contribution in [3.05, 3.63) is 72.6 Å². The van der Waals surface area contributed by atoms with Crippen molar-refractivity contribution in [1.82, 2.24) is 24.5 Å². The highest BCUT2D eigenvalue weighted by Crippen LogP contribution is 2.30. The van der Waals surface area contributed by atoms with E-state index in [1.165, 1.54) is 0 Å². The Bertz CT molecular complexity index is 1410. The zero-order chi connectivity index (χ0) is 25.2. The number of carbonyl (C=O) groups excluding carboxylic acids is 2. The Balaban J connectivity index is 1.09. The van der Waals surface area contributed by atoms with E-state index in [-0.39, 0.29) is 17.7 Å². The third kappa shape index (κ3) is 5.16. The van der Waals surface area contributed by atoms with Crippen molar-refractivity contribution in [1.29, 1.82) is 0 Å². The Labute approximate surface area is 214 Å². The molecule has 4 aromatic rings. The maximum atomic E-state index is 13.1. The third-order valence-corrected chi connectivity index (χ3v) is 6.99. The van der Waals surface area contributed by atoms with Crippen LogP contribution in [0.3, 0.4) is 0 Å². The van der Waals surface area contributed by atoms with E-state index in [2.05, 4.69) is 20.4 Å². The zero-order valence-electron chi connectivity index (χ0n) is 20.4. The number of carbonyl (C=O) groups is 2. The molecule has 2 aliphatic rings. The molecule has 0 spiro atoms. The number of nitrogens with zero attached hydrogens (tertiary/aromatic N) is 5. The summed E-state index contributed by atoms with van der Waals surface area (Å²) in [4.78, 5) is 35.7. The molecule has 3 aromatic heterocycles. The van der Waals surface area contributed by atoms with E-state index in [9.17, 15) is 9.59 Å². The minimum atomic E-state index is -0.0228. The number of nitrogens with one attached hydrogen (secondary N) is 1. The first kappa shape index (κ1) is 23.1. The first-order valence-corrected chi connectivity index (χ1v) is 12.7. The molecule has 1 N–H and O–H groups in total. The number of fused-ring (bicyclic) bond motifs is 1. The molecule has 1 aromatic carbocycles. The predicted octanol–water partition coefficient (Wildman–Crippen LogP) is 4.07. The highest BCUT2D eigenvalue weighted by molar-refractivity contribution is 5.95. The summed E-state index contributed by atoms with van der Waals surface area (Å²) in [6.45, 7) is 2.08. The summed E-state index contributed by atoms with van der Waals surface area (Å²) in [6, 6.07) is 17.1. The van der Waals surface area contributed by atoms with Gasteiger partial charge in [-0.15, -0.1) is 5.10 Å². The number of likely N-dealkylation sites (tertiary alicyclic amines) is 1. The first-order valence-electron chi connectivity index (χ1n) is 12.7. The third-order valence-electron chi connectivity index (χ3n) is 6.99. The van der Waals surface area contributed by atoms with Gasteiger partial charge in [0.1, 0.15) is 5.75 Å². The van der Waals surface area contributed by atoms with Crippen LogP contribution in [0.2, 0.25) is 0 Å². The Hall–Kier alpha value is -4.27. The van der Waals surface area contributed by atoms with Crippen LogP contribution in [0.25, 0.3) is 16.9 Å². The lowest BCUT2D eigenvalue weighted by Crippen LogP contribution is -2.39. The number of pyridine rings is 2. The molecule has 2 amide bonds. The van der Waals surface area contributed by atoms with Gasteiger partial charge in [-0.2, -0.15) is 4.98 Å². The number of amides is 2. The largest absolute Gasteiger partial charge is 0.492 e. The van der Waals surface area contributed by atoms with Gasteiger partial charge in [0.2, 0.25) is 11.9 Å². The lowest BCUT2D eigenvalue weighted by atomic mass is 9.97. The Kier molecular flexibility index (Phi) is 6.26. The normalized spacial score (nSPS) is 16.1. The Morgan fingerprint density at radius 2 is 1.78 bits per heavy atom. The number of hydrogen-bond acceptors (Lipinski definition) is 6. The van der Waals surface area contributed by atoms with Gasteiger partial charge >= 0.3 is 0 Å². The molecule has 0 unspecified atom stereocenters. The molecule has 9 heteroatoms. The molecule has 1 saturated carbocycles. The number of aromatic nitrogens is 4. The van der Waals surface area contributed by atoms with Crippen LogP contribution in [-0.2, 0) is 4.79 Å². The molecule has 4 heterocycles. The molecule has 188 valence electrons. The van der Waals surface area contributed by atoms with E-state index in [0.29, 0.717) is 29.7 Å². The highest BCUT2D eigenvalue weighted by atomic mass is 16.5. The van der Waals surface area contributed by atoms with Gasteiger partial charge in [-0.1, -0.05) is 18.2 Å². The number of piperidine rings is 1. The molecule has 6 rings (SSSR count). The molecule has 0 radical (unpaired) electrons. The monoisotopic (exact) mass is 496 g/mol. The number of rotatable bonds is 7. The van der Waals surface area contributed by atoms with Gasteiger partial charge in [0.15, 0.2) is 5.65 Å². The second kappa shape index (κ2) is 10.0. The van der Waals surface area contributed by atoms with Crippen molar-refractivity contribution in [3.8, 4) is 17.0 Å². The second-order valence-corrected chi connectivity index (χ2v) is 9.69. The molecular formula is C28H28N6O3. The van der Waals surface area contributed by atoms with E-state index >= 15 is 0 Å². The maximum Gasteiger partial charge on any atom is 0.253 e. The number of hydrogen-bond donors (Lipinski definition) is 1. The number of benzene rings is 1. The lowest BCUT2D eigenvalue weighted by Gasteiger charge is -2.32. The van der Waals surface area contributed by atoms with Crippen LogP contribution in [0.1, 0.15) is 36.0 Å². The summed E-state index contributed by atoms with van der Waals surface area (Å²) < 4.78 is 7.57. The van der Waals surface area contributed by atoms with Crippen LogP contribution >= 0.6 is 0 Å². The standard InChI is InChI=1S/C28H28N6O3/c35-26(21-8-9-21)31-28-30-25-5-1-4-24(34(25)32-28)20-6-10-22(11-7-20)27(36)33-15-12-19(13-16-33)18-37-23-3-2-14-29-17-23/h1-7,10-11,14,17,19,21H,8-9,12-13,15-16,18H2,(H,31,32,35). The van der Waals surface area contributed by atoms with Crippen molar-refractivity contribution in [2.75, 3.05) is 25.0 Å². The molecule has 0 atom stereocenters. The van der Waals surface area contributed by atoms with Gasteiger partial charge in [0.25, 0.3) is 5.91 Å². The average molecular weight is 497 g/mol. The molecule has 1 aliphatic carbocycles. The van der Waals surface area contributed by atoms with Crippen LogP contribution < -0.4 is 10.1 Å². The fraction of sp³-hybridized carbons (Fsp3) is 0.321. The quantitative estimate of drug-likeness (QED) is 0.414. The first-order chi connectivity index (χ1) is 18.1. The smallest absolute Gasteiger partial charge is 0.253 e. The highest BCUT2D eigenvalue weighted by Gasteiger charge is 2.30. The summed E-state index contributed by atoms with van der Waals surface area (Å²) in [6.07, 6.45) is 7.13. The predicted molar refractivity (Wildman–Crippen MR) is 138 cm³/mol. The van der Waals surface area contributed by atoms with E-state index in [1.54, 1.807) is 16.9 Å². The molecule has 1 saturated heterocycles. The minimum Gasteiger partial charge on any atom is -0.492 e. The molecule has 37 heavy (non-hydrogen) atoms. The van der Waals surface area contributed by atoms with Crippen molar-refractivity contribution >= 4 is 23.4 Å². The van der Waals surface area contributed by atoms with Crippen LogP contribution in [-0.4, -0.2) is 56.0 Å². The number of ether oxygens (including phenoxy) is 1. The van der Waals surface area contributed by atoms with Crippen molar-refractivity contribution in [3.63, 3.8) is 0 Å². The summed E-state index contributed by atoms with van der Waals surface area (Å²) >= 11 is 0.